The van der Waals surface area contributed by atoms with Crippen LogP contribution >= 0.6 is 0 Å². The van der Waals surface area contributed by atoms with Gasteiger partial charge in [-0.25, -0.2) is 0 Å². The van der Waals surface area contributed by atoms with Gasteiger partial charge in [-0.15, -0.1) is 0 Å². The van der Waals surface area contributed by atoms with Gasteiger partial charge in [-0.1, -0.05) is 71.3 Å². The molecule has 7 nitrogen and oxygen atoms in total. The van der Waals surface area contributed by atoms with Crippen molar-refractivity contribution in [3.8, 4) is 28.7 Å². The zero-order valence-corrected chi connectivity index (χ0v) is 27.0. The van der Waals surface area contributed by atoms with E-state index in [9.17, 15) is 24.9 Å². The van der Waals surface area contributed by atoms with Gasteiger partial charge >= 0.3 is 0 Å². The Labute approximate surface area is 270 Å². The number of rotatable bonds is 10. The Balaban J connectivity index is 0.000000254. The molecule has 0 unspecified atom stereocenters. The first-order valence-corrected chi connectivity index (χ1v) is 14.6. The third kappa shape index (κ3) is 9.47. The number of carbonyl (C=O) groups is 2. The minimum absolute atomic E-state index is 0.0685. The van der Waals surface area contributed by atoms with Crippen LogP contribution in [0, 0.1) is 13.8 Å². The van der Waals surface area contributed by atoms with Crippen LogP contribution in [0.5, 0.6) is 28.7 Å². The molecule has 0 aliphatic heterocycles. The Morgan fingerprint density at radius 1 is 0.630 bits per heavy atom. The summed E-state index contributed by atoms with van der Waals surface area (Å²) in [5, 5.41) is 29.3. The molecule has 0 radical (unpaired) electrons. The fraction of sp³-hybridized carbons (Fsp3) is 0.179. The highest BCUT2D eigenvalue weighted by Gasteiger charge is 2.13. The normalized spacial score (nSPS) is 10.7. The van der Waals surface area contributed by atoms with Gasteiger partial charge in [-0.3, -0.25) is 9.59 Å². The molecule has 0 aromatic heterocycles. The number of phenolic OH excluding ortho intramolecular Hbond substituents is 3. The van der Waals surface area contributed by atoms with Crippen LogP contribution in [0.4, 0.5) is 0 Å². The molecule has 238 valence electrons. The summed E-state index contributed by atoms with van der Waals surface area (Å²) < 4.78 is 10.5. The summed E-state index contributed by atoms with van der Waals surface area (Å²) in [7, 11) is 2.95. The number of aryl methyl sites for hydroxylation is 2. The predicted octanol–water partition coefficient (Wildman–Crippen LogP) is 8.42. The topological polar surface area (TPSA) is 113 Å². The van der Waals surface area contributed by atoms with E-state index >= 15 is 0 Å². The summed E-state index contributed by atoms with van der Waals surface area (Å²) in [6, 6.07) is 21.0. The van der Waals surface area contributed by atoms with Gasteiger partial charge in [0.25, 0.3) is 0 Å². The molecule has 4 aromatic rings. The average molecular weight is 621 g/mol. The molecule has 4 aromatic carbocycles. The maximum Gasteiger partial charge on any atom is 0.201 e. The highest BCUT2D eigenvalue weighted by molar-refractivity contribution is 6.07. The summed E-state index contributed by atoms with van der Waals surface area (Å²) in [5.74, 6) is 0.0756. The lowest BCUT2D eigenvalue weighted by Crippen LogP contribution is -1.97. The number of benzene rings is 4. The van der Waals surface area contributed by atoms with E-state index in [1.807, 2.05) is 70.2 Å². The number of hydrogen-bond donors (Lipinski definition) is 3. The molecule has 0 spiro atoms. The lowest BCUT2D eigenvalue weighted by Gasteiger charge is -2.12. The molecule has 4 rings (SSSR count). The largest absolute Gasteiger partial charge is 0.508 e. The van der Waals surface area contributed by atoms with Crippen molar-refractivity contribution in [3.63, 3.8) is 0 Å². The van der Waals surface area contributed by atoms with Crippen molar-refractivity contribution >= 4 is 23.7 Å². The molecule has 0 amide bonds. The lowest BCUT2D eigenvalue weighted by molar-refractivity contribution is 0.103. The van der Waals surface area contributed by atoms with Gasteiger partial charge in [-0.2, -0.15) is 0 Å². The van der Waals surface area contributed by atoms with Crippen molar-refractivity contribution < 1.29 is 34.4 Å². The second-order valence-corrected chi connectivity index (χ2v) is 10.9. The van der Waals surface area contributed by atoms with Crippen molar-refractivity contribution in [1.82, 2.24) is 0 Å². The number of ketones is 2. The number of phenols is 3. The molecule has 3 N–H and O–H groups in total. The zero-order chi connectivity index (χ0) is 33.8. The number of allylic oxidation sites excluding steroid dienone is 4. The van der Waals surface area contributed by atoms with Crippen molar-refractivity contribution in [2.45, 2.75) is 34.1 Å². The van der Waals surface area contributed by atoms with Crippen LogP contribution in [0.25, 0.3) is 12.2 Å². The maximum atomic E-state index is 12.3. The van der Waals surface area contributed by atoms with E-state index in [1.165, 1.54) is 25.3 Å². The number of ether oxygens (including phenoxy) is 2. The number of aromatic hydroxyl groups is 3. The Hall–Kier alpha value is -5.56. The standard InChI is InChI=1S/C22H24O3.C17H16O4/c1-15(2)5-12-19-21(24)14-11-18(22(19)25-4)10-13-20(23)17-8-6-16(3)7-9-17;1-11-3-5-12(6-4-11)14(18)9-7-13-8-10-15(19)16(20)17(13)21-2/h5-11,13-14,24H,12H2,1-4H3;3-10,19-20H,1-2H3/b13-10+;9-7+. The van der Waals surface area contributed by atoms with E-state index in [1.54, 1.807) is 49.6 Å². The van der Waals surface area contributed by atoms with Crippen LogP contribution in [0.15, 0.2) is 96.6 Å². The number of hydrogen-bond acceptors (Lipinski definition) is 7. The number of methoxy groups -OCH3 is 2. The third-order valence-corrected chi connectivity index (χ3v) is 7.03. The Kier molecular flexibility index (Phi) is 12.5. The summed E-state index contributed by atoms with van der Waals surface area (Å²) in [6.07, 6.45) is 8.81. The molecule has 0 aliphatic carbocycles. The van der Waals surface area contributed by atoms with E-state index in [0.717, 1.165) is 22.3 Å². The third-order valence-electron chi connectivity index (χ3n) is 7.03. The molecular weight excluding hydrogens is 580 g/mol. The average Bonchev–Trinajstić information content (AvgIpc) is 3.04. The Bertz CT molecular complexity index is 1760. The van der Waals surface area contributed by atoms with Crippen LogP contribution in [0.3, 0.4) is 0 Å². The van der Waals surface area contributed by atoms with Gasteiger partial charge in [-0.05, 0) is 82.7 Å². The van der Waals surface area contributed by atoms with E-state index < -0.39 is 0 Å². The Morgan fingerprint density at radius 3 is 1.50 bits per heavy atom. The van der Waals surface area contributed by atoms with Crippen molar-refractivity contribution in [1.29, 1.82) is 0 Å². The van der Waals surface area contributed by atoms with Gasteiger partial charge in [0.1, 0.15) is 11.5 Å². The summed E-state index contributed by atoms with van der Waals surface area (Å²) in [6.45, 7) is 7.95. The molecule has 7 heteroatoms. The lowest BCUT2D eigenvalue weighted by atomic mass is 10.0. The molecular formula is C39H40O7. The van der Waals surface area contributed by atoms with E-state index in [-0.39, 0.29) is 34.6 Å². The van der Waals surface area contributed by atoms with Crippen LogP contribution in [-0.2, 0) is 6.42 Å². The monoisotopic (exact) mass is 620 g/mol. The van der Waals surface area contributed by atoms with Crippen LogP contribution in [0.2, 0.25) is 0 Å². The second-order valence-electron chi connectivity index (χ2n) is 10.9. The van der Waals surface area contributed by atoms with Crippen LogP contribution in [0.1, 0.15) is 62.4 Å². The predicted molar refractivity (Wildman–Crippen MR) is 183 cm³/mol. The fourth-order valence-corrected chi connectivity index (χ4v) is 4.39. The molecule has 0 aliphatic rings. The first-order valence-electron chi connectivity index (χ1n) is 14.6. The van der Waals surface area contributed by atoms with Gasteiger partial charge in [0.15, 0.2) is 23.1 Å². The molecule has 0 atom stereocenters. The first-order chi connectivity index (χ1) is 21.9. The van der Waals surface area contributed by atoms with Gasteiger partial charge in [0.2, 0.25) is 5.75 Å². The molecule has 0 saturated carbocycles. The second kappa shape index (κ2) is 16.5. The summed E-state index contributed by atoms with van der Waals surface area (Å²) >= 11 is 0. The van der Waals surface area contributed by atoms with Crippen molar-refractivity contribution in [2.24, 2.45) is 0 Å². The van der Waals surface area contributed by atoms with Gasteiger partial charge in [0.05, 0.1) is 14.2 Å². The van der Waals surface area contributed by atoms with Crippen molar-refractivity contribution in [3.05, 3.63) is 136 Å². The van der Waals surface area contributed by atoms with Crippen LogP contribution < -0.4 is 9.47 Å². The molecule has 0 heterocycles. The molecule has 0 saturated heterocycles. The highest BCUT2D eigenvalue weighted by Crippen LogP contribution is 2.38. The molecule has 0 fully saturated rings. The van der Waals surface area contributed by atoms with E-state index in [4.69, 9.17) is 9.47 Å². The van der Waals surface area contributed by atoms with Gasteiger partial charge < -0.3 is 24.8 Å². The fourth-order valence-electron chi connectivity index (χ4n) is 4.39. The summed E-state index contributed by atoms with van der Waals surface area (Å²) in [5.41, 5.74) is 6.57. The minimum atomic E-state index is -0.345. The Morgan fingerprint density at radius 2 is 1.07 bits per heavy atom. The van der Waals surface area contributed by atoms with Crippen LogP contribution in [-0.4, -0.2) is 41.1 Å². The number of carbonyl (C=O) groups excluding carboxylic acids is 2. The molecule has 0 bridgehead atoms. The van der Waals surface area contributed by atoms with E-state index in [0.29, 0.717) is 34.4 Å². The zero-order valence-electron chi connectivity index (χ0n) is 27.0. The van der Waals surface area contributed by atoms with Gasteiger partial charge in [0, 0.05) is 27.8 Å². The smallest absolute Gasteiger partial charge is 0.201 e. The minimum Gasteiger partial charge on any atom is -0.508 e. The molecule has 46 heavy (non-hydrogen) atoms. The quantitative estimate of drug-likeness (QED) is 0.0706. The van der Waals surface area contributed by atoms with E-state index in [2.05, 4.69) is 0 Å². The maximum absolute atomic E-state index is 12.3. The highest BCUT2D eigenvalue weighted by atomic mass is 16.5. The summed E-state index contributed by atoms with van der Waals surface area (Å²) in [4.78, 5) is 24.4. The first kappa shape index (κ1) is 34.9. The SMILES string of the molecule is COc1c(/C=C/C(=O)c2ccc(C)cc2)ccc(O)c1CC=C(C)C.COc1c(/C=C/C(=O)c2ccc(C)cc2)ccc(O)c1O. The van der Waals surface area contributed by atoms with Crippen molar-refractivity contribution in [2.75, 3.05) is 14.2 Å².